The molecule has 0 aliphatic rings. The van der Waals surface area contributed by atoms with Crippen molar-refractivity contribution >= 4 is 17.8 Å². The Kier molecular flexibility index (Phi) is 34.3. The summed E-state index contributed by atoms with van der Waals surface area (Å²) in [4.78, 5) is 34.8. The predicted octanol–water partition coefficient (Wildman–Crippen LogP) is 11.4. The molecule has 6 heteroatoms. The van der Waals surface area contributed by atoms with Crippen LogP contribution in [0.1, 0.15) is 162 Å². The lowest BCUT2D eigenvalue weighted by molar-refractivity contribution is -0.147. The van der Waals surface area contributed by atoms with Crippen LogP contribution in [-0.2, 0) is 19.1 Å². The number of unbranched alkanes of at least 4 members (excludes halogenated alkanes) is 12. The van der Waals surface area contributed by atoms with E-state index in [-0.39, 0.29) is 24.5 Å². The summed E-state index contributed by atoms with van der Waals surface area (Å²) < 4.78 is 5.89. The van der Waals surface area contributed by atoms with Gasteiger partial charge in [0.05, 0.1) is 0 Å². The molecular formula is C42H69NO5. The van der Waals surface area contributed by atoms with Crippen LogP contribution in [0.5, 0.6) is 0 Å². The highest BCUT2D eigenvalue weighted by Crippen LogP contribution is 2.15. The van der Waals surface area contributed by atoms with E-state index < -0.39 is 5.97 Å². The second-order valence-electron chi connectivity index (χ2n) is 12.4. The zero-order chi connectivity index (χ0) is 35.2. The Balaban J connectivity index is 4.28. The Hall–Kier alpha value is -3.15. The van der Waals surface area contributed by atoms with Crippen LogP contribution in [-0.4, -0.2) is 35.6 Å². The summed E-state index contributed by atoms with van der Waals surface area (Å²) in [5, 5.41) is 11.0. The molecule has 0 aromatic rings. The van der Waals surface area contributed by atoms with Gasteiger partial charge in [-0.25, -0.2) is 0 Å². The highest BCUT2D eigenvalue weighted by atomic mass is 16.5. The lowest BCUT2D eigenvalue weighted by atomic mass is 10.0. The third-order valence-corrected chi connectivity index (χ3v) is 7.85. The molecule has 0 heterocycles. The van der Waals surface area contributed by atoms with Crippen LogP contribution in [0.4, 0.5) is 0 Å². The fourth-order valence-corrected chi connectivity index (χ4v) is 5.05. The molecule has 0 saturated heterocycles. The molecule has 0 aliphatic carbocycles. The molecule has 272 valence electrons. The maximum atomic E-state index is 12.6. The van der Waals surface area contributed by atoms with Crippen LogP contribution >= 0.6 is 0 Å². The van der Waals surface area contributed by atoms with E-state index in [0.29, 0.717) is 12.8 Å². The average Bonchev–Trinajstić information content (AvgIpc) is 3.07. The van der Waals surface area contributed by atoms with Gasteiger partial charge in [-0.1, -0.05) is 138 Å². The summed E-state index contributed by atoms with van der Waals surface area (Å²) in [6.45, 7) is 4.07. The second kappa shape index (κ2) is 36.7. The minimum Gasteiger partial charge on any atom is -0.480 e. The molecule has 6 nitrogen and oxygen atoms in total. The molecule has 0 spiro atoms. The van der Waals surface area contributed by atoms with Crippen LogP contribution < -0.4 is 5.32 Å². The quantitative estimate of drug-likeness (QED) is 0.0413. The third-order valence-electron chi connectivity index (χ3n) is 7.85. The van der Waals surface area contributed by atoms with E-state index in [4.69, 9.17) is 9.84 Å². The van der Waals surface area contributed by atoms with Crippen molar-refractivity contribution in [3.63, 3.8) is 0 Å². The lowest BCUT2D eigenvalue weighted by Gasteiger charge is -2.14. The number of ether oxygens (including phenoxy) is 1. The fraction of sp³-hybridized carbons (Fsp3) is 0.643. The zero-order valence-corrected chi connectivity index (χ0v) is 30.6. The fourth-order valence-electron chi connectivity index (χ4n) is 5.05. The molecule has 0 aliphatic heterocycles. The molecule has 48 heavy (non-hydrogen) atoms. The number of carboxylic acid groups (broad SMARTS) is 1. The van der Waals surface area contributed by atoms with E-state index in [1.807, 2.05) is 0 Å². The topological polar surface area (TPSA) is 92.7 Å². The van der Waals surface area contributed by atoms with Gasteiger partial charge < -0.3 is 15.2 Å². The Morgan fingerprint density at radius 3 is 1.71 bits per heavy atom. The van der Waals surface area contributed by atoms with Gasteiger partial charge in [0.2, 0.25) is 5.91 Å². The first-order valence-electron chi connectivity index (χ1n) is 19.1. The number of esters is 1. The summed E-state index contributed by atoms with van der Waals surface area (Å²) in [5.74, 6) is -1.34. The Morgan fingerprint density at radius 1 is 0.583 bits per heavy atom. The number of rotatable bonds is 33. The number of aliphatic carboxylic acids is 1. The second-order valence-corrected chi connectivity index (χ2v) is 12.4. The van der Waals surface area contributed by atoms with Gasteiger partial charge in [-0.15, -0.1) is 0 Å². The third kappa shape index (κ3) is 35.7. The molecule has 0 rings (SSSR count). The summed E-state index contributed by atoms with van der Waals surface area (Å²) in [6.07, 6.45) is 48.9. The maximum Gasteiger partial charge on any atom is 0.322 e. The van der Waals surface area contributed by atoms with Gasteiger partial charge in [0.15, 0.2) is 0 Å². The number of amides is 1. The van der Waals surface area contributed by atoms with Gasteiger partial charge in [-0.3, -0.25) is 14.4 Å². The molecular weight excluding hydrogens is 598 g/mol. The zero-order valence-electron chi connectivity index (χ0n) is 30.6. The number of carbonyl (C=O) groups is 3. The van der Waals surface area contributed by atoms with Crippen LogP contribution in [0.2, 0.25) is 0 Å². The molecule has 0 radical (unpaired) electrons. The van der Waals surface area contributed by atoms with Crippen molar-refractivity contribution < 1.29 is 24.2 Å². The monoisotopic (exact) mass is 668 g/mol. The number of carboxylic acids is 1. The number of carbonyl (C=O) groups excluding carboxylic acids is 2. The standard InChI is InChI=1S/C42H69NO5/c1-3-5-7-9-11-13-14-15-16-17-18-19-20-21-23-29-33-37-42(47)48-39(34-30-26-22-12-10-8-6-4-2)35-31-27-24-25-28-32-36-40(44)43-38-41(45)46/h5,7,11,13,15-16,18-19,21,23,30,34,39H,3-4,6,8-10,12,14,17,20,22,24-29,31-33,35-38H2,1-2H3,(H,43,44)(H,45,46)/b7-5-,13-11-,16-15-,19-18-,23-21-,34-30-. The van der Waals surface area contributed by atoms with Crippen molar-refractivity contribution in [3.05, 3.63) is 72.9 Å². The van der Waals surface area contributed by atoms with E-state index in [9.17, 15) is 14.4 Å². The first kappa shape index (κ1) is 44.9. The normalized spacial score (nSPS) is 12.9. The number of hydrogen-bond donors (Lipinski definition) is 2. The van der Waals surface area contributed by atoms with Crippen molar-refractivity contribution in [2.45, 2.75) is 168 Å². The summed E-state index contributed by atoms with van der Waals surface area (Å²) in [7, 11) is 0. The molecule has 0 bridgehead atoms. The molecule has 0 aromatic carbocycles. The van der Waals surface area contributed by atoms with E-state index in [1.54, 1.807) is 0 Å². The molecule has 2 N–H and O–H groups in total. The number of hydrogen-bond acceptors (Lipinski definition) is 4. The highest BCUT2D eigenvalue weighted by Gasteiger charge is 2.11. The minimum absolute atomic E-state index is 0.113. The van der Waals surface area contributed by atoms with Crippen molar-refractivity contribution in [3.8, 4) is 0 Å². The molecule has 0 aromatic heterocycles. The number of allylic oxidation sites excluding steroid dienone is 11. The van der Waals surface area contributed by atoms with E-state index in [2.05, 4.69) is 92.1 Å². The van der Waals surface area contributed by atoms with Crippen molar-refractivity contribution in [1.82, 2.24) is 5.32 Å². The Bertz CT molecular complexity index is 959. The summed E-state index contributed by atoms with van der Waals surface area (Å²) >= 11 is 0. The average molecular weight is 668 g/mol. The smallest absolute Gasteiger partial charge is 0.322 e. The highest BCUT2D eigenvalue weighted by molar-refractivity contribution is 5.80. The first-order valence-corrected chi connectivity index (χ1v) is 19.1. The van der Waals surface area contributed by atoms with Crippen LogP contribution in [0.3, 0.4) is 0 Å². The van der Waals surface area contributed by atoms with Crippen LogP contribution in [0.25, 0.3) is 0 Å². The summed E-state index contributed by atoms with van der Waals surface area (Å²) in [6, 6.07) is 0. The van der Waals surface area contributed by atoms with Crippen molar-refractivity contribution in [2.75, 3.05) is 6.54 Å². The van der Waals surface area contributed by atoms with E-state index in [0.717, 1.165) is 96.3 Å². The first-order chi connectivity index (χ1) is 23.5. The minimum atomic E-state index is -1.02. The molecule has 0 saturated carbocycles. The van der Waals surface area contributed by atoms with Gasteiger partial charge in [0.1, 0.15) is 12.6 Å². The van der Waals surface area contributed by atoms with E-state index in [1.165, 1.54) is 38.5 Å². The predicted molar refractivity (Wildman–Crippen MR) is 203 cm³/mol. The maximum absolute atomic E-state index is 12.6. The molecule has 1 atom stereocenters. The largest absolute Gasteiger partial charge is 0.480 e. The lowest BCUT2D eigenvalue weighted by Crippen LogP contribution is -2.28. The SMILES string of the molecule is CC/C=C\C/C=C\C/C=C\C/C=C\C/C=C\CCCC(=O)OC(/C=C\CCCCCCCC)CCCCCCCCC(=O)NCC(=O)O. The Morgan fingerprint density at radius 2 is 1.10 bits per heavy atom. The molecule has 1 amide bonds. The van der Waals surface area contributed by atoms with Gasteiger partial charge >= 0.3 is 11.9 Å². The van der Waals surface area contributed by atoms with Crippen LogP contribution in [0.15, 0.2) is 72.9 Å². The van der Waals surface area contributed by atoms with Crippen molar-refractivity contribution in [2.24, 2.45) is 0 Å². The summed E-state index contributed by atoms with van der Waals surface area (Å²) in [5.41, 5.74) is 0. The van der Waals surface area contributed by atoms with Crippen molar-refractivity contribution in [1.29, 1.82) is 0 Å². The van der Waals surface area contributed by atoms with E-state index >= 15 is 0 Å². The van der Waals surface area contributed by atoms with Gasteiger partial charge in [-0.05, 0) is 83.1 Å². The van der Waals surface area contributed by atoms with Crippen LogP contribution in [0, 0.1) is 0 Å². The Labute approximate surface area is 294 Å². The molecule has 1 unspecified atom stereocenters. The van der Waals surface area contributed by atoms with Gasteiger partial charge in [0.25, 0.3) is 0 Å². The molecule has 0 fully saturated rings. The van der Waals surface area contributed by atoms with Gasteiger partial charge in [-0.2, -0.15) is 0 Å². The van der Waals surface area contributed by atoms with Gasteiger partial charge in [0, 0.05) is 12.8 Å². The number of nitrogens with one attached hydrogen (secondary N) is 1.